The molecule has 1 fully saturated rings. The fourth-order valence-electron chi connectivity index (χ4n) is 2.64. The van der Waals surface area contributed by atoms with Crippen molar-refractivity contribution in [1.29, 1.82) is 0 Å². The lowest BCUT2D eigenvalue weighted by Crippen LogP contribution is -2.06. The summed E-state index contributed by atoms with van der Waals surface area (Å²) in [6, 6.07) is 6.11. The molecule has 1 saturated carbocycles. The van der Waals surface area contributed by atoms with E-state index < -0.39 is 0 Å². The Morgan fingerprint density at radius 3 is 2.53 bits per heavy atom. The maximum Gasteiger partial charge on any atom is 0.150 e. The Bertz CT molecular complexity index is 348. The van der Waals surface area contributed by atoms with Gasteiger partial charge in [0.1, 0.15) is 6.29 Å². The molecule has 15 heavy (non-hydrogen) atoms. The van der Waals surface area contributed by atoms with Crippen LogP contribution in [0.1, 0.15) is 59.5 Å². The van der Waals surface area contributed by atoms with Crippen LogP contribution in [0.15, 0.2) is 18.2 Å². The number of aryl methyl sites for hydroxylation is 1. The van der Waals surface area contributed by atoms with Crippen molar-refractivity contribution in [2.75, 3.05) is 0 Å². The van der Waals surface area contributed by atoms with Crippen molar-refractivity contribution in [2.45, 2.75) is 44.9 Å². The summed E-state index contributed by atoms with van der Waals surface area (Å²) >= 11 is 0. The second-order valence-electron chi connectivity index (χ2n) is 4.57. The molecule has 0 saturated heterocycles. The molecule has 80 valence electrons. The number of carbonyl (C=O) groups excluding carboxylic acids is 1. The molecule has 1 aromatic carbocycles. The first-order valence-electron chi connectivity index (χ1n) is 5.87. The van der Waals surface area contributed by atoms with E-state index in [9.17, 15) is 4.79 Å². The third kappa shape index (κ3) is 2.28. The van der Waals surface area contributed by atoms with E-state index in [0.717, 1.165) is 17.8 Å². The standard InChI is InChI=1S/C14H18O/c1-11-9-12(10-15)7-8-14(11)13-5-3-2-4-6-13/h7-10,13H,2-6H2,1H3. The molecule has 0 spiro atoms. The molecule has 1 aliphatic carbocycles. The molecule has 0 amide bonds. The second-order valence-corrected chi connectivity index (χ2v) is 4.57. The minimum Gasteiger partial charge on any atom is -0.298 e. The molecule has 1 aromatic rings. The Morgan fingerprint density at radius 1 is 1.20 bits per heavy atom. The normalized spacial score (nSPS) is 17.7. The Kier molecular flexibility index (Phi) is 3.20. The summed E-state index contributed by atoms with van der Waals surface area (Å²) in [6.45, 7) is 2.12. The zero-order valence-electron chi connectivity index (χ0n) is 9.33. The number of benzene rings is 1. The minimum atomic E-state index is 0.736. The molecular weight excluding hydrogens is 184 g/mol. The first-order valence-corrected chi connectivity index (χ1v) is 5.87. The van der Waals surface area contributed by atoms with Gasteiger partial charge in [-0.2, -0.15) is 0 Å². The average Bonchev–Trinajstić information content (AvgIpc) is 2.30. The van der Waals surface area contributed by atoms with E-state index in [-0.39, 0.29) is 0 Å². The van der Waals surface area contributed by atoms with Gasteiger partial charge in [-0.05, 0) is 42.9 Å². The number of hydrogen-bond acceptors (Lipinski definition) is 1. The van der Waals surface area contributed by atoms with Gasteiger partial charge in [-0.25, -0.2) is 0 Å². The maximum absolute atomic E-state index is 10.6. The molecule has 0 N–H and O–H groups in total. The lowest BCUT2D eigenvalue weighted by atomic mass is 9.82. The molecule has 0 aromatic heterocycles. The zero-order chi connectivity index (χ0) is 10.7. The molecule has 1 heteroatoms. The Labute approximate surface area is 91.5 Å². The van der Waals surface area contributed by atoms with Crippen LogP contribution >= 0.6 is 0 Å². The van der Waals surface area contributed by atoms with Crippen LogP contribution in [0.2, 0.25) is 0 Å². The summed E-state index contributed by atoms with van der Waals surface area (Å²) in [4.78, 5) is 10.6. The highest BCUT2D eigenvalue weighted by atomic mass is 16.1. The molecule has 0 aliphatic heterocycles. The summed E-state index contributed by atoms with van der Waals surface area (Å²) in [6.07, 6.45) is 7.68. The van der Waals surface area contributed by atoms with E-state index in [2.05, 4.69) is 13.0 Å². The van der Waals surface area contributed by atoms with Crippen molar-refractivity contribution in [3.8, 4) is 0 Å². The van der Waals surface area contributed by atoms with E-state index in [1.54, 1.807) is 0 Å². The van der Waals surface area contributed by atoms with E-state index in [1.807, 2.05) is 12.1 Å². The summed E-state index contributed by atoms with van der Waals surface area (Å²) < 4.78 is 0. The van der Waals surface area contributed by atoms with Gasteiger partial charge in [0.25, 0.3) is 0 Å². The molecule has 0 heterocycles. The molecule has 1 nitrogen and oxygen atoms in total. The minimum absolute atomic E-state index is 0.736. The largest absolute Gasteiger partial charge is 0.298 e. The lowest BCUT2D eigenvalue weighted by Gasteiger charge is -2.23. The zero-order valence-corrected chi connectivity index (χ0v) is 9.33. The number of aldehydes is 1. The number of carbonyl (C=O) groups is 1. The SMILES string of the molecule is Cc1cc(C=O)ccc1C1CCCCC1. The van der Waals surface area contributed by atoms with Crippen LogP contribution in [-0.2, 0) is 0 Å². The van der Waals surface area contributed by atoms with Gasteiger partial charge in [-0.3, -0.25) is 4.79 Å². The van der Waals surface area contributed by atoms with Gasteiger partial charge in [0, 0.05) is 5.56 Å². The molecule has 0 bridgehead atoms. The fraction of sp³-hybridized carbons (Fsp3) is 0.500. The fourth-order valence-corrected chi connectivity index (χ4v) is 2.64. The highest BCUT2D eigenvalue weighted by Gasteiger charge is 2.16. The van der Waals surface area contributed by atoms with E-state index in [0.29, 0.717) is 0 Å². The maximum atomic E-state index is 10.6. The smallest absolute Gasteiger partial charge is 0.150 e. The van der Waals surface area contributed by atoms with Crippen LogP contribution in [0.4, 0.5) is 0 Å². The van der Waals surface area contributed by atoms with Crippen molar-refractivity contribution < 1.29 is 4.79 Å². The van der Waals surface area contributed by atoms with Crippen LogP contribution < -0.4 is 0 Å². The van der Waals surface area contributed by atoms with Gasteiger partial charge in [-0.1, -0.05) is 31.4 Å². The monoisotopic (exact) mass is 202 g/mol. The summed E-state index contributed by atoms with van der Waals surface area (Å²) in [7, 11) is 0. The third-order valence-electron chi connectivity index (χ3n) is 3.47. The van der Waals surface area contributed by atoms with E-state index in [1.165, 1.54) is 43.2 Å². The Balaban J connectivity index is 2.23. The Morgan fingerprint density at radius 2 is 1.93 bits per heavy atom. The quantitative estimate of drug-likeness (QED) is 0.666. The molecular formula is C14H18O. The van der Waals surface area contributed by atoms with Gasteiger partial charge in [0.05, 0.1) is 0 Å². The van der Waals surface area contributed by atoms with Gasteiger partial charge < -0.3 is 0 Å². The van der Waals surface area contributed by atoms with Crippen LogP contribution in [0.25, 0.3) is 0 Å². The van der Waals surface area contributed by atoms with Crippen LogP contribution in [0.3, 0.4) is 0 Å². The van der Waals surface area contributed by atoms with Crippen molar-refractivity contribution in [3.05, 3.63) is 34.9 Å². The summed E-state index contributed by atoms with van der Waals surface area (Å²) in [5, 5.41) is 0. The van der Waals surface area contributed by atoms with Crippen LogP contribution in [0, 0.1) is 6.92 Å². The van der Waals surface area contributed by atoms with Crippen molar-refractivity contribution in [2.24, 2.45) is 0 Å². The number of hydrogen-bond donors (Lipinski definition) is 0. The first kappa shape index (κ1) is 10.4. The topological polar surface area (TPSA) is 17.1 Å². The van der Waals surface area contributed by atoms with Gasteiger partial charge in [0.15, 0.2) is 0 Å². The summed E-state index contributed by atoms with van der Waals surface area (Å²) in [5.74, 6) is 0.736. The molecule has 2 rings (SSSR count). The van der Waals surface area contributed by atoms with Gasteiger partial charge >= 0.3 is 0 Å². The van der Waals surface area contributed by atoms with Crippen molar-refractivity contribution in [1.82, 2.24) is 0 Å². The average molecular weight is 202 g/mol. The second kappa shape index (κ2) is 4.61. The molecule has 0 unspecified atom stereocenters. The van der Waals surface area contributed by atoms with Crippen LogP contribution in [-0.4, -0.2) is 6.29 Å². The molecule has 0 atom stereocenters. The van der Waals surface area contributed by atoms with Crippen molar-refractivity contribution in [3.63, 3.8) is 0 Å². The third-order valence-corrected chi connectivity index (χ3v) is 3.47. The lowest BCUT2D eigenvalue weighted by molar-refractivity contribution is 0.112. The van der Waals surface area contributed by atoms with Crippen molar-refractivity contribution >= 4 is 6.29 Å². The van der Waals surface area contributed by atoms with Gasteiger partial charge in [0.2, 0.25) is 0 Å². The van der Waals surface area contributed by atoms with Gasteiger partial charge in [-0.15, -0.1) is 0 Å². The molecule has 0 radical (unpaired) electrons. The first-order chi connectivity index (χ1) is 7.31. The summed E-state index contributed by atoms with van der Waals surface area (Å²) in [5.41, 5.74) is 3.54. The predicted octanol–water partition coefficient (Wildman–Crippen LogP) is 3.86. The predicted molar refractivity (Wildman–Crippen MR) is 62.4 cm³/mol. The highest BCUT2D eigenvalue weighted by molar-refractivity contribution is 5.75. The number of rotatable bonds is 2. The van der Waals surface area contributed by atoms with Crippen LogP contribution in [0.5, 0.6) is 0 Å². The Hall–Kier alpha value is -1.11. The highest BCUT2D eigenvalue weighted by Crippen LogP contribution is 2.34. The van der Waals surface area contributed by atoms with E-state index >= 15 is 0 Å². The van der Waals surface area contributed by atoms with E-state index in [4.69, 9.17) is 0 Å². The molecule has 1 aliphatic rings.